The smallest absolute Gasteiger partial charge is 0.259 e. The number of morpholine rings is 1. The number of thiol groups is 1. The molecule has 1 saturated heterocycles. The molecule has 0 radical (unpaired) electrons. The summed E-state index contributed by atoms with van der Waals surface area (Å²) >= 11 is 0. The highest BCUT2D eigenvalue weighted by Crippen LogP contribution is 2.29. The highest BCUT2D eigenvalue weighted by molar-refractivity contribution is 7.69. The average molecular weight is 523 g/mol. The summed E-state index contributed by atoms with van der Waals surface area (Å²) in [4.78, 5) is 22.5. The van der Waals surface area contributed by atoms with E-state index in [4.69, 9.17) is 18.1 Å². The number of aromatic amines is 1. The monoisotopic (exact) mass is 522 g/mol. The normalized spacial score (nSPS) is 13.2. The Morgan fingerprint density at radius 1 is 1.00 bits per heavy atom. The molecule has 0 aliphatic carbocycles. The Kier molecular flexibility index (Phi) is 8.39. The summed E-state index contributed by atoms with van der Waals surface area (Å²) in [6, 6.07) is 18.2. The molecule has 1 aliphatic rings. The molecule has 0 amide bonds. The van der Waals surface area contributed by atoms with Crippen molar-refractivity contribution < 1.29 is 13.2 Å². The molecule has 2 aromatic carbocycles. The summed E-state index contributed by atoms with van der Waals surface area (Å²) in [6.07, 6.45) is 1.66. The van der Waals surface area contributed by atoms with E-state index in [0.717, 1.165) is 59.9 Å². The van der Waals surface area contributed by atoms with Crippen LogP contribution in [0.1, 0.15) is 11.1 Å². The molecule has 10 nitrogen and oxygen atoms in total. The molecule has 0 saturated carbocycles. The van der Waals surface area contributed by atoms with Crippen LogP contribution in [0.3, 0.4) is 0 Å². The van der Waals surface area contributed by atoms with Gasteiger partial charge in [-0.2, -0.15) is 0 Å². The molecule has 1 aliphatic heterocycles. The van der Waals surface area contributed by atoms with Gasteiger partial charge in [0, 0.05) is 36.3 Å². The largest absolute Gasteiger partial charge is 0.378 e. The second-order valence-corrected chi connectivity index (χ2v) is 9.15. The van der Waals surface area contributed by atoms with Crippen LogP contribution < -0.4 is 26.2 Å². The number of pyridine rings is 2. The molecular formula is C26H30N6O4S. The van der Waals surface area contributed by atoms with Crippen molar-refractivity contribution in [1.82, 2.24) is 9.97 Å². The van der Waals surface area contributed by atoms with Crippen LogP contribution in [-0.4, -0.2) is 44.7 Å². The van der Waals surface area contributed by atoms with Gasteiger partial charge in [-0.05, 0) is 66.8 Å². The van der Waals surface area contributed by atoms with Gasteiger partial charge in [-0.15, -0.1) is 0 Å². The Labute approximate surface area is 216 Å². The highest BCUT2D eigenvalue weighted by atomic mass is 32.2. The third-order valence-electron chi connectivity index (χ3n) is 5.99. The van der Waals surface area contributed by atoms with Crippen molar-refractivity contribution in [1.29, 1.82) is 0 Å². The van der Waals surface area contributed by atoms with Crippen molar-refractivity contribution in [3.8, 4) is 0 Å². The van der Waals surface area contributed by atoms with E-state index >= 15 is 0 Å². The van der Waals surface area contributed by atoms with Gasteiger partial charge in [0.2, 0.25) is 0 Å². The molecule has 0 atom stereocenters. The molecule has 2 aromatic heterocycles. The quantitative estimate of drug-likeness (QED) is 0.251. The number of aryl methyl sites for hydroxylation is 2. The lowest BCUT2D eigenvalue weighted by atomic mass is 10.1. The van der Waals surface area contributed by atoms with Gasteiger partial charge in [-0.25, -0.2) is 18.5 Å². The zero-order chi connectivity index (χ0) is 26.4. The van der Waals surface area contributed by atoms with Crippen LogP contribution in [0.4, 0.5) is 28.7 Å². The Hall–Kier alpha value is -3.93. The number of para-hydroxylation sites is 1. The number of anilines is 5. The maximum Gasteiger partial charge on any atom is 0.259 e. The minimum Gasteiger partial charge on any atom is -0.378 e. The van der Waals surface area contributed by atoms with Crippen molar-refractivity contribution in [3.63, 3.8) is 0 Å². The van der Waals surface area contributed by atoms with Crippen LogP contribution in [0.25, 0.3) is 10.8 Å². The first-order valence-corrected chi connectivity index (χ1v) is 13.0. The van der Waals surface area contributed by atoms with Gasteiger partial charge in [0.05, 0.1) is 18.6 Å². The highest BCUT2D eigenvalue weighted by Gasteiger charge is 2.13. The predicted octanol–water partition coefficient (Wildman–Crippen LogP) is 3.34. The van der Waals surface area contributed by atoms with Crippen molar-refractivity contribution in [3.05, 3.63) is 82.3 Å². The lowest BCUT2D eigenvalue weighted by molar-refractivity contribution is 0.122. The van der Waals surface area contributed by atoms with Gasteiger partial charge in [-0.1, -0.05) is 18.2 Å². The standard InChI is InChI=1S/C26H27N5O2.H3NO2S/c1-17-4-3-5-18(2)24(17)29-22-16-19-10-11-27-26(32)23(19)25(30-22)28-20-6-8-21(9-7-20)31-12-14-33-15-13-31;1-4(2)3/h3-11,16H,12-15H2,1-2H3,(H,27,32)(H2,28,29,30);4H,(H2,1,2,3). The number of benzene rings is 2. The molecule has 3 heterocycles. The number of hydrogen-bond acceptors (Lipinski definition) is 8. The number of rotatable bonds is 5. The summed E-state index contributed by atoms with van der Waals surface area (Å²) in [6.45, 7) is 7.41. The van der Waals surface area contributed by atoms with Crippen molar-refractivity contribution >= 4 is 50.4 Å². The second kappa shape index (κ2) is 11.9. The van der Waals surface area contributed by atoms with Crippen LogP contribution in [-0.2, 0) is 15.6 Å². The number of ether oxygens (including phenoxy) is 1. The lowest BCUT2D eigenvalue weighted by Gasteiger charge is -2.28. The van der Waals surface area contributed by atoms with Gasteiger partial charge in [0.1, 0.15) is 11.6 Å². The summed E-state index contributed by atoms with van der Waals surface area (Å²) < 4.78 is 23.1. The summed E-state index contributed by atoms with van der Waals surface area (Å²) in [5.74, 6) is 1.19. The summed E-state index contributed by atoms with van der Waals surface area (Å²) in [5.41, 5.74) is 5.14. The van der Waals surface area contributed by atoms with E-state index in [2.05, 4.69) is 63.8 Å². The van der Waals surface area contributed by atoms with Crippen LogP contribution in [0, 0.1) is 13.8 Å². The van der Waals surface area contributed by atoms with Crippen molar-refractivity contribution in [2.75, 3.05) is 41.8 Å². The SMILES string of the molecule is Cc1cccc(C)c1Nc1cc2cc[nH]c(=O)c2c(Nc2ccc(N3CCOCC3)cc2)n1.N[SH](=O)=O. The molecule has 1 fully saturated rings. The third kappa shape index (κ3) is 6.64. The Morgan fingerprint density at radius 2 is 1.65 bits per heavy atom. The van der Waals surface area contributed by atoms with Gasteiger partial charge in [0.25, 0.3) is 5.56 Å². The van der Waals surface area contributed by atoms with Gasteiger partial charge in [-0.3, -0.25) is 4.79 Å². The fourth-order valence-corrected chi connectivity index (χ4v) is 4.22. The molecule has 0 bridgehead atoms. The zero-order valence-corrected chi connectivity index (χ0v) is 21.5. The number of hydrogen-bond donors (Lipinski definition) is 5. The van der Waals surface area contributed by atoms with Gasteiger partial charge < -0.3 is 25.3 Å². The Balaban J connectivity index is 0.000000747. The number of nitrogens with zero attached hydrogens (tertiary/aromatic N) is 2. The second-order valence-electron chi connectivity index (χ2n) is 8.58. The van der Waals surface area contributed by atoms with E-state index in [0.29, 0.717) is 17.0 Å². The number of H-pyrrole nitrogens is 1. The molecule has 0 unspecified atom stereocenters. The van der Waals surface area contributed by atoms with Gasteiger partial charge >= 0.3 is 0 Å². The number of nitrogens with two attached hydrogens (primary N) is 1. The zero-order valence-electron chi connectivity index (χ0n) is 20.7. The summed E-state index contributed by atoms with van der Waals surface area (Å²) in [5, 5.41) is 12.2. The van der Waals surface area contributed by atoms with E-state index in [9.17, 15) is 4.79 Å². The third-order valence-corrected chi connectivity index (χ3v) is 5.99. The summed E-state index contributed by atoms with van der Waals surface area (Å²) in [7, 11) is -2.62. The minimum atomic E-state index is -2.62. The molecule has 37 heavy (non-hydrogen) atoms. The van der Waals surface area contributed by atoms with Crippen LogP contribution in [0.2, 0.25) is 0 Å². The number of nitrogens with one attached hydrogen (secondary N) is 3. The van der Waals surface area contributed by atoms with E-state index in [1.807, 2.05) is 30.3 Å². The topological polar surface area (TPSA) is 142 Å². The molecule has 194 valence electrons. The predicted molar refractivity (Wildman–Crippen MR) is 149 cm³/mol. The van der Waals surface area contributed by atoms with Gasteiger partial charge in [0.15, 0.2) is 10.9 Å². The fraction of sp³-hybridized carbons (Fsp3) is 0.231. The minimum absolute atomic E-state index is 0.175. The van der Waals surface area contributed by atoms with Crippen LogP contribution in [0.15, 0.2) is 65.6 Å². The molecular weight excluding hydrogens is 492 g/mol. The van der Waals surface area contributed by atoms with E-state index in [-0.39, 0.29) is 5.56 Å². The maximum absolute atomic E-state index is 12.7. The Bertz CT molecular complexity index is 1480. The lowest BCUT2D eigenvalue weighted by Crippen LogP contribution is -2.36. The van der Waals surface area contributed by atoms with E-state index in [1.165, 1.54) is 0 Å². The molecule has 5 rings (SSSR count). The molecule has 0 spiro atoms. The first-order valence-electron chi connectivity index (χ1n) is 11.8. The fourth-order valence-electron chi connectivity index (χ4n) is 4.22. The van der Waals surface area contributed by atoms with Crippen molar-refractivity contribution in [2.45, 2.75) is 13.8 Å². The average Bonchev–Trinajstić information content (AvgIpc) is 2.87. The Morgan fingerprint density at radius 3 is 2.30 bits per heavy atom. The van der Waals surface area contributed by atoms with Crippen LogP contribution >= 0.6 is 0 Å². The molecule has 5 N–H and O–H groups in total. The van der Waals surface area contributed by atoms with Crippen LogP contribution in [0.5, 0.6) is 0 Å². The van der Waals surface area contributed by atoms with Crippen molar-refractivity contribution in [2.24, 2.45) is 5.14 Å². The van der Waals surface area contributed by atoms with E-state index < -0.39 is 10.9 Å². The molecule has 11 heteroatoms. The number of fused-ring (bicyclic) bond motifs is 1. The maximum atomic E-state index is 12.7. The number of aromatic nitrogens is 2. The first kappa shape index (κ1) is 26.1. The molecule has 4 aromatic rings. The van der Waals surface area contributed by atoms with E-state index in [1.54, 1.807) is 6.20 Å². The first-order chi connectivity index (χ1) is 17.8.